The number of halogens is 3. The number of hydrogen-bond donors (Lipinski definition) is 1. The van der Waals surface area contributed by atoms with Crippen molar-refractivity contribution in [1.82, 2.24) is 4.90 Å². The minimum atomic E-state index is -4.67. The number of hydrogen-bond acceptors (Lipinski definition) is 6. The number of ketones is 1. The van der Waals surface area contributed by atoms with Gasteiger partial charge in [-0.25, -0.2) is 4.79 Å². The zero-order valence-electron chi connectivity index (χ0n) is 28.3. The first-order valence-corrected chi connectivity index (χ1v) is 16.1. The summed E-state index contributed by atoms with van der Waals surface area (Å²) in [6.45, 7) is 1.33. The van der Waals surface area contributed by atoms with Crippen LogP contribution in [0.4, 0.5) is 13.2 Å². The molecule has 266 valence electrons. The maximum absolute atomic E-state index is 13.6. The molecular formula is C41H34F3NO7. The highest BCUT2D eigenvalue weighted by Crippen LogP contribution is 2.35. The van der Waals surface area contributed by atoms with E-state index in [2.05, 4.69) is 0 Å². The molecule has 0 bridgehead atoms. The highest BCUT2D eigenvalue weighted by Gasteiger charge is 2.34. The van der Waals surface area contributed by atoms with Crippen LogP contribution in [0.1, 0.15) is 48.5 Å². The fourth-order valence-corrected chi connectivity index (χ4v) is 5.51. The molecule has 0 aliphatic rings. The second kappa shape index (κ2) is 16.2. The van der Waals surface area contributed by atoms with Gasteiger partial charge < -0.3 is 19.5 Å². The van der Waals surface area contributed by atoms with E-state index in [1.165, 1.54) is 55.6 Å². The van der Waals surface area contributed by atoms with E-state index in [1.54, 1.807) is 24.3 Å². The van der Waals surface area contributed by atoms with Crippen molar-refractivity contribution in [1.29, 1.82) is 0 Å². The molecule has 11 heteroatoms. The van der Waals surface area contributed by atoms with Crippen molar-refractivity contribution >= 4 is 23.6 Å². The van der Waals surface area contributed by atoms with E-state index in [9.17, 15) is 37.5 Å². The fourth-order valence-electron chi connectivity index (χ4n) is 5.51. The van der Waals surface area contributed by atoms with Crippen molar-refractivity contribution < 1.29 is 46.9 Å². The molecule has 0 aliphatic carbocycles. The highest BCUT2D eigenvalue weighted by atomic mass is 19.4. The summed E-state index contributed by atoms with van der Waals surface area (Å²) in [5, 5.41) is 9.50. The molecule has 5 aromatic rings. The average molecular weight is 710 g/mol. The van der Waals surface area contributed by atoms with Gasteiger partial charge in [0.15, 0.2) is 0 Å². The molecule has 0 saturated carbocycles. The third-order valence-corrected chi connectivity index (χ3v) is 8.24. The lowest BCUT2D eigenvalue weighted by atomic mass is 9.97. The zero-order chi connectivity index (χ0) is 37.4. The molecule has 1 N–H and O–H groups in total. The SMILES string of the molecule is COc1ccc(CC(=O)Cc2ccc(C(=O)N(CC(=O)O)Cc3ccc(C(=O)Oc4ccc(-c5ccc(C)cc5)cc4)cc3)cc2)c(C(F)(F)F)c1. The molecule has 52 heavy (non-hydrogen) atoms. The highest BCUT2D eigenvalue weighted by molar-refractivity contribution is 5.96. The Morgan fingerprint density at radius 2 is 1.25 bits per heavy atom. The normalized spacial score (nSPS) is 11.1. The number of alkyl halides is 3. The Morgan fingerprint density at radius 3 is 1.83 bits per heavy atom. The third-order valence-electron chi connectivity index (χ3n) is 8.24. The van der Waals surface area contributed by atoms with Gasteiger partial charge in [0.25, 0.3) is 5.91 Å². The second-order valence-corrected chi connectivity index (χ2v) is 12.1. The molecule has 0 heterocycles. The molecule has 0 aliphatic heterocycles. The van der Waals surface area contributed by atoms with E-state index in [1.807, 2.05) is 43.3 Å². The first-order chi connectivity index (χ1) is 24.8. The fraction of sp³-hybridized carbons (Fsp3) is 0.171. The number of aryl methyl sites for hydroxylation is 1. The van der Waals surface area contributed by atoms with Crippen LogP contribution < -0.4 is 9.47 Å². The van der Waals surface area contributed by atoms with Gasteiger partial charge in [-0.05, 0) is 83.3 Å². The Morgan fingerprint density at radius 1 is 0.692 bits per heavy atom. The van der Waals surface area contributed by atoms with Crippen LogP contribution in [0.25, 0.3) is 11.1 Å². The summed E-state index contributed by atoms with van der Waals surface area (Å²) in [5.74, 6) is -2.49. The van der Waals surface area contributed by atoms with Gasteiger partial charge in [0.2, 0.25) is 0 Å². The molecule has 0 fully saturated rings. The third kappa shape index (κ3) is 9.72. The molecule has 1 amide bonds. The van der Waals surface area contributed by atoms with E-state index in [0.717, 1.165) is 27.7 Å². The first-order valence-electron chi connectivity index (χ1n) is 16.1. The maximum Gasteiger partial charge on any atom is 0.416 e. The first kappa shape index (κ1) is 37.0. The van der Waals surface area contributed by atoms with Gasteiger partial charge in [-0.1, -0.05) is 72.3 Å². The number of carbonyl (C=O) groups excluding carboxylic acids is 3. The minimum Gasteiger partial charge on any atom is -0.497 e. The number of nitrogens with zero attached hydrogens (tertiary/aromatic N) is 1. The van der Waals surface area contributed by atoms with Crippen molar-refractivity contribution in [2.45, 2.75) is 32.5 Å². The number of aliphatic carboxylic acids is 1. The summed E-state index contributed by atoms with van der Waals surface area (Å²) in [6.07, 6.45) is -5.30. The predicted molar refractivity (Wildman–Crippen MR) is 187 cm³/mol. The van der Waals surface area contributed by atoms with Gasteiger partial charge in [0.05, 0.1) is 18.2 Å². The van der Waals surface area contributed by atoms with Crippen molar-refractivity contribution in [3.8, 4) is 22.6 Å². The number of benzene rings is 5. The Balaban J connectivity index is 1.19. The maximum atomic E-state index is 13.6. The van der Waals surface area contributed by atoms with Crippen molar-refractivity contribution in [2.75, 3.05) is 13.7 Å². The molecule has 0 spiro atoms. The van der Waals surface area contributed by atoms with Crippen LogP contribution in [0.2, 0.25) is 0 Å². The van der Waals surface area contributed by atoms with Gasteiger partial charge in [-0.3, -0.25) is 14.4 Å². The topological polar surface area (TPSA) is 110 Å². The van der Waals surface area contributed by atoms with Gasteiger partial charge in [0.1, 0.15) is 23.8 Å². The van der Waals surface area contributed by atoms with Crippen LogP contribution in [0.3, 0.4) is 0 Å². The van der Waals surface area contributed by atoms with Crippen LogP contribution in [0.5, 0.6) is 11.5 Å². The van der Waals surface area contributed by atoms with E-state index in [-0.39, 0.29) is 35.4 Å². The van der Waals surface area contributed by atoms with Crippen LogP contribution in [0, 0.1) is 6.92 Å². The van der Waals surface area contributed by atoms with E-state index in [0.29, 0.717) is 16.9 Å². The Bertz CT molecular complexity index is 2060. The largest absolute Gasteiger partial charge is 0.497 e. The molecule has 0 aromatic heterocycles. The number of carboxylic acid groups (broad SMARTS) is 1. The number of ether oxygens (including phenoxy) is 2. The molecule has 5 rings (SSSR count). The molecule has 5 aromatic carbocycles. The number of esters is 1. The average Bonchev–Trinajstić information content (AvgIpc) is 3.12. The predicted octanol–water partition coefficient (Wildman–Crippen LogP) is 7.99. The quantitative estimate of drug-likeness (QED) is 0.0975. The van der Waals surface area contributed by atoms with Crippen molar-refractivity contribution in [3.05, 3.63) is 154 Å². The monoisotopic (exact) mass is 709 g/mol. The number of carbonyl (C=O) groups is 4. The van der Waals surface area contributed by atoms with Crippen LogP contribution in [-0.2, 0) is 35.2 Å². The van der Waals surface area contributed by atoms with Crippen molar-refractivity contribution in [2.24, 2.45) is 0 Å². The Hall–Kier alpha value is -6.23. The molecule has 8 nitrogen and oxygen atoms in total. The summed E-state index contributed by atoms with van der Waals surface area (Å²) >= 11 is 0. The van der Waals surface area contributed by atoms with Crippen LogP contribution >= 0.6 is 0 Å². The summed E-state index contributed by atoms with van der Waals surface area (Å²) in [5.41, 5.74) is 3.48. The number of rotatable bonds is 13. The molecule has 0 saturated heterocycles. The smallest absolute Gasteiger partial charge is 0.416 e. The summed E-state index contributed by atoms with van der Waals surface area (Å²) in [4.78, 5) is 51.7. The van der Waals surface area contributed by atoms with Gasteiger partial charge in [0, 0.05) is 24.9 Å². The minimum absolute atomic E-state index is 0.0226. The van der Waals surface area contributed by atoms with Crippen LogP contribution in [-0.4, -0.2) is 47.3 Å². The lowest BCUT2D eigenvalue weighted by Gasteiger charge is -2.21. The number of Topliss-reactive ketones (excluding diaryl/α,β-unsaturated/α-hetero) is 1. The van der Waals surface area contributed by atoms with E-state index >= 15 is 0 Å². The molecule has 0 radical (unpaired) electrons. The lowest BCUT2D eigenvalue weighted by molar-refractivity contribution is -0.139. The number of carboxylic acids is 1. The summed E-state index contributed by atoms with van der Waals surface area (Å²) in [7, 11) is 1.25. The Kier molecular flexibility index (Phi) is 11.5. The summed E-state index contributed by atoms with van der Waals surface area (Å²) < 4.78 is 51.1. The number of methoxy groups -OCH3 is 1. The molecule has 0 unspecified atom stereocenters. The Labute approximate surface area is 298 Å². The van der Waals surface area contributed by atoms with E-state index in [4.69, 9.17) is 9.47 Å². The van der Waals surface area contributed by atoms with Crippen molar-refractivity contribution in [3.63, 3.8) is 0 Å². The van der Waals surface area contributed by atoms with E-state index < -0.39 is 48.3 Å². The van der Waals surface area contributed by atoms with Gasteiger partial charge in [-0.2, -0.15) is 13.2 Å². The lowest BCUT2D eigenvalue weighted by Crippen LogP contribution is -2.35. The number of amides is 1. The second-order valence-electron chi connectivity index (χ2n) is 12.1. The summed E-state index contributed by atoms with van der Waals surface area (Å²) in [6, 6.07) is 30.7. The zero-order valence-corrected chi connectivity index (χ0v) is 28.3. The van der Waals surface area contributed by atoms with Gasteiger partial charge in [-0.15, -0.1) is 0 Å². The van der Waals surface area contributed by atoms with Gasteiger partial charge >= 0.3 is 18.1 Å². The van der Waals surface area contributed by atoms with Crippen LogP contribution in [0.15, 0.2) is 115 Å². The molecular weight excluding hydrogens is 675 g/mol. The molecule has 0 atom stereocenters. The standard InChI is InChI=1S/C41H34F3NO7/c1-26-3-9-29(10-4-26)30-15-18-35(19-16-30)52-40(50)32-13-7-28(8-14-32)24-45(25-38(47)48)39(49)31-11-5-27(6-12-31)21-34(46)22-33-17-20-36(51-2)23-37(33)41(42,43)44/h3-20,23H,21-22,24-25H2,1-2H3,(H,47,48).